The molecule has 0 atom stereocenters. The Morgan fingerprint density at radius 1 is 1.06 bits per heavy atom. The van der Waals surface area contributed by atoms with E-state index in [1.54, 1.807) is 0 Å². The molecule has 0 spiro atoms. The molecule has 0 bridgehead atoms. The van der Waals surface area contributed by atoms with Crippen LogP contribution in [-0.2, 0) is 6.54 Å². The molecule has 0 fully saturated rings. The minimum Gasteiger partial charge on any atom is -0.324 e. The first-order valence-corrected chi connectivity index (χ1v) is 5.65. The number of fused-ring (bicyclic) bond motifs is 1. The van der Waals surface area contributed by atoms with Crippen molar-refractivity contribution < 1.29 is 0 Å². The van der Waals surface area contributed by atoms with E-state index in [0.29, 0.717) is 0 Å². The Labute approximate surface area is 99.8 Å². The summed E-state index contributed by atoms with van der Waals surface area (Å²) in [5, 5.41) is 1.18. The van der Waals surface area contributed by atoms with Crippen LogP contribution in [0.15, 0.2) is 48.8 Å². The lowest BCUT2D eigenvalue weighted by molar-refractivity contribution is 0.772. The summed E-state index contributed by atoms with van der Waals surface area (Å²) >= 11 is 0. The van der Waals surface area contributed by atoms with Gasteiger partial charge in [-0.1, -0.05) is 6.07 Å². The van der Waals surface area contributed by atoms with E-state index in [0.717, 1.165) is 17.9 Å². The number of hydrogen-bond donors (Lipinski definition) is 0. The maximum absolute atomic E-state index is 4.43. The average Bonchev–Trinajstić information content (AvgIpc) is 2.68. The summed E-state index contributed by atoms with van der Waals surface area (Å²) in [6.45, 7) is 2.87. The smallest absolute Gasteiger partial charge is 0.140 e. The SMILES string of the molecule is Cc1cc2cccnc2n1Cc1ccccn1. The van der Waals surface area contributed by atoms with Gasteiger partial charge in [-0.15, -0.1) is 0 Å². The van der Waals surface area contributed by atoms with Gasteiger partial charge >= 0.3 is 0 Å². The van der Waals surface area contributed by atoms with Gasteiger partial charge in [0.15, 0.2) is 0 Å². The zero-order valence-corrected chi connectivity index (χ0v) is 9.67. The normalized spacial score (nSPS) is 10.9. The molecule has 0 aliphatic carbocycles. The molecule has 3 aromatic heterocycles. The number of hydrogen-bond acceptors (Lipinski definition) is 2. The van der Waals surface area contributed by atoms with Crippen molar-refractivity contribution in [1.82, 2.24) is 14.5 Å². The third-order valence-electron chi connectivity index (χ3n) is 2.91. The van der Waals surface area contributed by atoms with Gasteiger partial charge in [0, 0.05) is 23.5 Å². The van der Waals surface area contributed by atoms with Gasteiger partial charge in [0.05, 0.1) is 12.2 Å². The van der Waals surface area contributed by atoms with E-state index in [2.05, 4.69) is 33.6 Å². The number of aryl methyl sites for hydroxylation is 1. The lowest BCUT2D eigenvalue weighted by Crippen LogP contribution is -2.03. The van der Waals surface area contributed by atoms with Gasteiger partial charge in [0.25, 0.3) is 0 Å². The van der Waals surface area contributed by atoms with E-state index in [1.807, 2.05) is 36.7 Å². The third kappa shape index (κ3) is 1.80. The highest BCUT2D eigenvalue weighted by atomic mass is 15.0. The Morgan fingerprint density at radius 2 is 1.94 bits per heavy atom. The van der Waals surface area contributed by atoms with Crippen molar-refractivity contribution >= 4 is 11.0 Å². The molecule has 84 valence electrons. The molecule has 3 nitrogen and oxygen atoms in total. The first kappa shape index (κ1) is 10.0. The standard InChI is InChI=1S/C14H13N3/c1-11-9-12-5-4-8-16-14(12)17(11)10-13-6-2-3-7-15-13/h2-9H,10H2,1H3. The van der Waals surface area contributed by atoms with Gasteiger partial charge in [-0.3, -0.25) is 4.98 Å². The molecular formula is C14H13N3. The number of aromatic nitrogens is 3. The number of rotatable bonds is 2. The maximum Gasteiger partial charge on any atom is 0.140 e. The minimum atomic E-state index is 0.771. The summed E-state index contributed by atoms with van der Waals surface area (Å²) in [7, 11) is 0. The molecular weight excluding hydrogens is 210 g/mol. The Balaban J connectivity index is 2.08. The van der Waals surface area contributed by atoms with Crippen LogP contribution >= 0.6 is 0 Å². The summed E-state index contributed by atoms with van der Waals surface area (Å²) in [5.74, 6) is 0. The topological polar surface area (TPSA) is 30.7 Å². The second-order valence-electron chi connectivity index (χ2n) is 4.11. The minimum absolute atomic E-state index is 0.771. The van der Waals surface area contributed by atoms with Gasteiger partial charge < -0.3 is 4.57 Å². The maximum atomic E-state index is 4.43. The van der Waals surface area contributed by atoms with Gasteiger partial charge in [0.1, 0.15) is 5.65 Å². The summed E-state index contributed by atoms with van der Waals surface area (Å²) in [5.41, 5.74) is 3.29. The Bertz CT molecular complexity index is 641. The molecule has 0 saturated heterocycles. The van der Waals surface area contributed by atoms with Crippen LogP contribution in [0, 0.1) is 6.92 Å². The fraction of sp³-hybridized carbons (Fsp3) is 0.143. The Hall–Kier alpha value is -2.16. The fourth-order valence-electron chi connectivity index (χ4n) is 2.07. The number of pyridine rings is 2. The van der Waals surface area contributed by atoms with E-state index in [-0.39, 0.29) is 0 Å². The molecule has 0 aliphatic heterocycles. The summed E-state index contributed by atoms with van der Waals surface area (Å²) in [4.78, 5) is 8.79. The van der Waals surface area contributed by atoms with E-state index in [9.17, 15) is 0 Å². The van der Waals surface area contributed by atoms with Crippen molar-refractivity contribution in [1.29, 1.82) is 0 Å². The molecule has 0 amide bonds. The quantitative estimate of drug-likeness (QED) is 0.668. The van der Waals surface area contributed by atoms with Crippen molar-refractivity contribution in [2.24, 2.45) is 0 Å². The zero-order valence-electron chi connectivity index (χ0n) is 9.67. The summed E-state index contributed by atoms with van der Waals surface area (Å²) in [6, 6.07) is 12.2. The van der Waals surface area contributed by atoms with Gasteiger partial charge in [0.2, 0.25) is 0 Å². The predicted octanol–water partition coefficient (Wildman–Crippen LogP) is 2.79. The average molecular weight is 223 g/mol. The van der Waals surface area contributed by atoms with E-state index < -0.39 is 0 Å². The molecule has 17 heavy (non-hydrogen) atoms. The van der Waals surface area contributed by atoms with Crippen LogP contribution in [0.1, 0.15) is 11.4 Å². The van der Waals surface area contributed by atoms with Crippen LogP contribution in [0.5, 0.6) is 0 Å². The van der Waals surface area contributed by atoms with Gasteiger partial charge in [-0.05, 0) is 37.3 Å². The van der Waals surface area contributed by atoms with Crippen molar-refractivity contribution in [3.8, 4) is 0 Å². The molecule has 0 N–H and O–H groups in total. The first-order chi connectivity index (χ1) is 8.34. The largest absolute Gasteiger partial charge is 0.324 e. The van der Waals surface area contributed by atoms with Crippen molar-refractivity contribution in [2.45, 2.75) is 13.5 Å². The van der Waals surface area contributed by atoms with Crippen molar-refractivity contribution in [3.63, 3.8) is 0 Å². The molecule has 3 heterocycles. The predicted molar refractivity (Wildman–Crippen MR) is 67.8 cm³/mol. The second kappa shape index (κ2) is 4.01. The molecule has 3 heteroatoms. The lowest BCUT2D eigenvalue weighted by atomic mass is 10.3. The van der Waals surface area contributed by atoms with E-state index in [1.165, 1.54) is 11.1 Å². The Morgan fingerprint density at radius 3 is 2.76 bits per heavy atom. The molecule has 3 aromatic rings. The van der Waals surface area contributed by atoms with Crippen LogP contribution in [0.3, 0.4) is 0 Å². The van der Waals surface area contributed by atoms with Gasteiger partial charge in [-0.25, -0.2) is 4.98 Å². The fourth-order valence-corrected chi connectivity index (χ4v) is 2.07. The molecule has 0 saturated carbocycles. The van der Waals surface area contributed by atoms with E-state index in [4.69, 9.17) is 0 Å². The lowest BCUT2D eigenvalue weighted by Gasteiger charge is -2.06. The summed E-state index contributed by atoms with van der Waals surface area (Å²) in [6.07, 6.45) is 3.65. The van der Waals surface area contributed by atoms with Crippen LogP contribution in [0.25, 0.3) is 11.0 Å². The number of nitrogens with zero attached hydrogens (tertiary/aromatic N) is 3. The third-order valence-corrected chi connectivity index (χ3v) is 2.91. The van der Waals surface area contributed by atoms with Crippen LogP contribution < -0.4 is 0 Å². The van der Waals surface area contributed by atoms with Crippen LogP contribution in [-0.4, -0.2) is 14.5 Å². The summed E-state index contributed by atoms with van der Waals surface area (Å²) < 4.78 is 2.19. The Kier molecular flexibility index (Phi) is 2.37. The highest BCUT2D eigenvalue weighted by Gasteiger charge is 2.06. The van der Waals surface area contributed by atoms with Crippen molar-refractivity contribution in [3.05, 3.63) is 60.2 Å². The molecule has 0 unspecified atom stereocenters. The van der Waals surface area contributed by atoms with E-state index >= 15 is 0 Å². The molecule has 3 rings (SSSR count). The first-order valence-electron chi connectivity index (χ1n) is 5.65. The highest BCUT2D eigenvalue weighted by molar-refractivity contribution is 5.77. The molecule has 0 aliphatic rings. The monoisotopic (exact) mass is 223 g/mol. The van der Waals surface area contributed by atoms with Crippen molar-refractivity contribution in [2.75, 3.05) is 0 Å². The van der Waals surface area contributed by atoms with Gasteiger partial charge in [-0.2, -0.15) is 0 Å². The highest BCUT2D eigenvalue weighted by Crippen LogP contribution is 2.17. The van der Waals surface area contributed by atoms with Crippen LogP contribution in [0.4, 0.5) is 0 Å². The van der Waals surface area contributed by atoms with Crippen LogP contribution in [0.2, 0.25) is 0 Å². The second-order valence-corrected chi connectivity index (χ2v) is 4.11. The molecule has 0 aromatic carbocycles. The molecule has 0 radical (unpaired) electrons. The zero-order chi connectivity index (χ0) is 11.7.